The number of aryl methyl sites for hydroxylation is 1. The summed E-state index contributed by atoms with van der Waals surface area (Å²) >= 11 is 0. The number of hydrogen-bond donors (Lipinski definition) is 1. The molecular formula is C37H51FN4O4. The summed E-state index contributed by atoms with van der Waals surface area (Å²) in [5, 5.41) is 10.1. The van der Waals surface area contributed by atoms with Gasteiger partial charge in [-0.1, -0.05) is 41.0 Å². The number of fused-ring (bicyclic) bond motifs is 1. The van der Waals surface area contributed by atoms with Gasteiger partial charge in [0.2, 0.25) is 0 Å². The highest BCUT2D eigenvalue weighted by Crippen LogP contribution is 2.37. The summed E-state index contributed by atoms with van der Waals surface area (Å²) < 4.78 is 34.3. The molecule has 0 aliphatic heterocycles. The van der Waals surface area contributed by atoms with E-state index >= 15 is 0 Å². The third kappa shape index (κ3) is 9.36. The van der Waals surface area contributed by atoms with Gasteiger partial charge in [0.05, 0.1) is 18.7 Å². The number of benzene rings is 3. The van der Waals surface area contributed by atoms with Crippen LogP contribution in [0, 0.1) is 5.82 Å². The Kier molecular flexibility index (Phi) is 13.5. The molecule has 9 heteroatoms. The number of unbranched alkanes of at least 4 members (excludes halogenated alkanes) is 1. The second-order valence-electron chi connectivity index (χ2n) is 11.4. The van der Waals surface area contributed by atoms with Crippen molar-refractivity contribution >= 4 is 11.0 Å². The van der Waals surface area contributed by atoms with Crippen molar-refractivity contribution in [1.29, 1.82) is 0 Å². The minimum absolute atomic E-state index is 0.191. The van der Waals surface area contributed by atoms with Gasteiger partial charge in [-0.2, -0.15) is 0 Å². The monoisotopic (exact) mass is 634 g/mol. The van der Waals surface area contributed by atoms with E-state index in [-0.39, 0.29) is 11.5 Å². The normalized spacial score (nSPS) is 11.6. The average Bonchev–Trinajstić information content (AvgIpc) is 3.43. The topological polar surface area (TPSA) is 72.2 Å². The summed E-state index contributed by atoms with van der Waals surface area (Å²) in [5.41, 5.74) is 2.73. The van der Waals surface area contributed by atoms with E-state index in [4.69, 9.17) is 19.2 Å². The zero-order chi connectivity index (χ0) is 32.9. The van der Waals surface area contributed by atoms with Crippen LogP contribution in [0.3, 0.4) is 0 Å². The molecule has 46 heavy (non-hydrogen) atoms. The van der Waals surface area contributed by atoms with Crippen molar-refractivity contribution in [3.8, 4) is 40.1 Å². The predicted octanol–water partition coefficient (Wildman–Crippen LogP) is 8.36. The van der Waals surface area contributed by atoms with E-state index in [1.54, 1.807) is 0 Å². The molecular weight excluding hydrogens is 583 g/mol. The maximum atomic E-state index is 13.4. The highest BCUT2D eigenvalue weighted by Gasteiger charge is 2.19. The second-order valence-corrected chi connectivity index (χ2v) is 11.4. The van der Waals surface area contributed by atoms with E-state index in [1.807, 2.05) is 30.3 Å². The molecule has 0 bridgehead atoms. The number of nitrogens with zero attached hydrogens (tertiary/aromatic N) is 4. The Balaban J connectivity index is 1.64. The maximum absolute atomic E-state index is 13.4. The Morgan fingerprint density at radius 2 is 1.39 bits per heavy atom. The minimum Gasteiger partial charge on any atom is -0.504 e. The molecule has 0 unspecified atom stereocenters. The molecule has 0 atom stereocenters. The molecule has 0 amide bonds. The number of aromatic nitrogens is 2. The van der Waals surface area contributed by atoms with Gasteiger partial charge < -0.3 is 33.7 Å². The van der Waals surface area contributed by atoms with E-state index in [1.165, 1.54) is 12.1 Å². The van der Waals surface area contributed by atoms with Crippen LogP contribution in [0.2, 0.25) is 0 Å². The van der Waals surface area contributed by atoms with Crippen LogP contribution in [0.1, 0.15) is 60.3 Å². The summed E-state index contributed by atoms with van der Waals surface area (Å²) in [6.07, 6.45) is 3.92. The third-order valence-electron chi connectivity index (χ3n) is 8.34. The molecule has 1 heterocycles. The first-order valence-electron chi connectivity index (χ1n) is 16.9. The summed E-state index contributed by atoms with van der Waals surface area (Å²) in [6.45, 7) is 19.1. The van der Waals surface area contributed by atoms with Crippen molar-refractivity contribution in [2.75, 3.05) is 52.5 Å². The first-order valence-corrected chi connectivity index (χ1v) is 16.9. The Bertz CT molecular complexity index is 1500. The SMILES string of the molecule is CCCCn1c(-c2ccc(Oc3ccc(F)cc3O)cc2)nc2c(OCCCN(CC)CC)cc(OCCCN(CC)CC)cc21. The van der Waals surface area contributed by atoms with E-state index in [0.717, 1.165) is 111 Å². The third-order valence-corrected chi connectivity index (χ3v) is 8.34. The molecule has 0 saturated carbocycles. The van der Waals surface area contributed by atoms with Gasteiger partial charge in [0, 0.05) is 43.4 Å². The van der Waals surface area contributed by atoms with Gasteiger partial charge in [-0.25, -0.2) is 9.37 Å². The number of imidazole rings is 1. The number of aromatic hydroxyl groups is 1. The summed E-state index contributed by atoms with van der Waals surface area (Å²) in [5.74, 6) is 2.31. The fraction of sp³-hybridized carbons (Fsp3) is 0.486. The largest absolute Gasteiger partial charge is 0.504 e. The molecule has 0 fully saturated rings. The Morgan fingerprint density at radius 1 is 0.739 bits per heavy atom. The van der Waals surface area contributed by atoms with Crippen LogP contribution in [0.15, 0.2) is 54.6 Å². The fourth-order valence-corrected chi connectivity index (χ4v) is 5.53. The number of phenols is 1. The first-order chi connectivity index (χ1) is 22.4. The Morgan fingerprint density at radius 3 is 2.00 bits per heavy atom. The van der Waals surface area contributed by atoms with Crippen molar-refractivity contribution in [2.45, 2.75) is 66.8 Å². The van der Waals surface area contributed by atoms with Gasteiger partial charge in [-0.3, -0.25) is 0 Å². The van der Waals surface area contributed by atoms with E-state index in [2.05, 4.69) is 55.1 Å². The molecule has 3 aromatic carbocycles. The maximum Gasteiger partial charge on any atom is 0.169 e. The lowest BCUT2D eigenvalue weighted by Crippen LogP contribution is -2.25. The Labute approximate surface area is 273 Å². The molecule has 4 aromatic rings. The van der Waals surface area contributed by atoms with Crippen LogP contribution >= 0.6 is 0 Å². The Hall–Kier alpha value is -3.82. The molecule has 1 aromatic heterocycles. The number of rotatable bonds is 20. The molecule has 0 radical (unpaired) electrons. The highest BCUT2D eigenvalue weighted by molar-refractivity contribution is 5.87. The second kappa shape index (κ2) is 17.8. The van der Waals surface area contributed by atoms with E-state index in [9.17, 15) is 9.50 Å². The van der Waals surface area contributed by atoms with Crippen LogP contribution in [-0.2, 0) is 6.54 Å². The van der Waals surface area contributed by atoms with Gasteiger partial charge in [-0.15, -0.1) is 0 Å². The van der Waals surface area contributed by atoms with Crippen LogP contribution in [0.5, 0.6) is 28.7 Å². The highest BCUT2D eigenvalue weighted by atomic mass is 19.1. The van der Waals surface area contributed by atoms with Crippen LogP contribution < -0.4 is 14.2 Å². The smallest absolute Gasteiger partial charge is 0.169 e. The molecule has 1 N–H and O–H groups in total. The van der Waals surface area contributed by atoms with Gasteiger partial charge in [0.25, 0.3) is 0 Å². The number of hydrogen-bond acceptors (Lipinski definition) is 7. The number of ether oxygens (including phenoxy) is 3. The molecule has 250 valence electrons. The van der Waals surface area contributed by atoms with Crippen molar-refractivity contribution in [1.82, 2.24) is 19.4 Å². The lowest BCUT2D eigenvalue weighted by molar-refractivity contribution is 0.243. The molecule has 0 spiro atoms. The van der Waals surface area contributed by atoms with Gasteiger partial charge >= 0.3 is 0 Å². The van der Waals surface area contributed by atoms with Gasteiger partial charge in [0.15, 0.2) is 17.2 Å². The lowest BCUT2D eigenvalue weighted by atomic mass is 10.2. The van der Waals surface area contributed by atoms with Crippen molar-refractivity contribution < 1.29 is 23.7 Å². The van der Waals surface area contributed by atoms with Crippen molar-refractivity contribution in [2.24, 2.45) is 0 Å². The average molecular weight is 635 g/mol. The summed E-state index contributed by atoms with van der Waals surface area (Å²) in [4.78, 5) is 9.95. The van der Waals surface area contributed by atoms with Crippen molar-refractivity contribution in [3.63, 3.8) is 0 Å². The number of halogens is 1. The lowest BCUT2D eigenvalue weighted by Gasteiger charge is -2.18. The fourth-order valence-electron chi connectivity index (χ4n) is 5.53. The molecule has 8 nitrogen and oxygen atoms in total. The standard InChI is InChI=1S/C37H51FN4O4/c1-6-11-22-42-32-26-31(44-23-12-20-40(7-2)8-3)27-35(45-24-13-21-41(9-4)10-5)36(32)39-37(42)28-14-17-30(18-15-28)46-34-19-16-29(38)25-33(34)43/h14-19,25-27,43H,6-13,20-24H2,1-5H3. The summed E-state index contributed by atoms with van der Waals surface area (Å²) in [7, 11) is 0. The van der Waals surface area contributed by atoms with E-state index in [0.29, 0.717) is 19.0 Å². The van der Waals surface area contributed by atoms with Crippen LogP contribution in [0.25, 0.3) is 22.4 Å². The van der Waals surface area contributed by atoms with E-state index < -0.39 is 5.82 Å². The van der Waals surface area contributed by atoms with Crippen molar-refractivity contribution in [3.05, 3.63) is 60.4 Å². The molecule has 4 rings (SSSR count). The van der Waals surface area contributed by atoms with Crippen LogP contribution in [-0.4, -0.2) is 76.9 Å². The van der Waals surface area contributed by atoms with Crippen LogP contribution in [0.4, 0.5) is 4.39 Å². The molecule has 0 aliphatic rings. The predicted molar refractivity (Wildman–Crippen MR) is 184 cm³/mol. The first kappa shape index (κ1) is 35.0. The quantitative estimate of drug-likeness (QED) is 0.0980. The summed E-state index contributed by atoms with van der Waals surface area (Å²) in [6, 6.07) is 15.4. The molecule has 0 aliphatic carbocycles. The zero-order valence-corrected chi connectivity index (χ0v) is 28.2. The zero-order valence-electron chi connectivity index (χ0n) is 28.2. The van der Waals surface area contributed by atoms with Gasteiger partial charge in [0.1, 0.15) is 28.7 Å². The number of phenolic OH excluding ortho intramolecular Hbond substituents is 1. The molecule has 0 saturated heterocycles. The minimum atomic E-state index is -0.522. The van der Waals surface area contributed by atoms with Gasteiger partial charge in [-0.05, 0) is 81.8 Å².